The number of cyclic esters (lactones) is 2. The van der Waals surface area contributed by atoms with Crippen LogP contribution in [0.25, 0.3) is 0 Å². The van der Waals surface area contributed by atoms with E-state index in [0.717, 1.165) is 6.20 Å². The van der Waals surface area contributed by atoms with Gasteiger partial charge >= 0.3 is 11.9 Å². The third kappa shape index (κ3) is 1.48. The van der Waals surface area contributed by atoms with E-state index in [2.05, 4.69) is 9.72 Å². The van der Waals surface area contributed by atoms with Crippen LogP contribution in [0, 0.1) is 5.82 Å². The third-order valence-corrected chi connectivity index (χ3v) is 2.00. The second-order valence-corrected chi connectivity index (χ2v) is 2.99. The first-order valence-electron chi connectivity index (χ1n) is 4.02. The fourth-order valence-electron chi connectivity index (χ4n) is 1.35. The zero-order valence-corrected chi connectivity index (χ0v) is 7.07. The molecule has 0 aliphatic carbocycles. The van der Waals surface area contributed by atoms with Crippen LogP contribution in [-0.2, 0) is 14.3 Å². The van der Waals surface area contributed by atoms with Gasteiger partial charge in [0.15, 0.2) is 0 Å². The van der Waals surface area contributed by atoms with Crippen LogP contribution in [0.1, 0.15) is 17.9 Å². The van der Waals surface area contributed by atoms with Gasteiger partial charge in [0.25, 0.3) is 0 Å². The minimum absolute atomic E-state index is 0.0377. The molecule has 0 amide bonds. The predicted molar refractivity (Wildman–Crippen MR) is 42.7 cm³/mol. The largest absolute Gasteiger partial charge is 0.393 e. The molecule has 0 bridgehead atoms. The van der Waals surface area contributed by atoms with E-state index >= 15 is 0 Å². The summed E-state index contributed by atoms with van der Waals surface area (Å²) < 4.78 is 17.1. The van der Waals surface area contributed by atoms with Crippen LogP contribution < -0.4 is 0 Å². The molecule has 0 spiro atoms. The average Bonchev–Trinajstić information content (AvgIpc) is 2.45. The van der Waals surface area contributed by atoms with E-state index in [1.807, 2.05) is 0 Å². The number of ether oxygens (including phenoxy) is 1. The van der Waals surface area contributed by atoms with E-state index < -0.39 is 23.7 Å². The van der Waals surface area contributed by atoms with Crippen molar-refractivity contribution in [3.63, 3.8) is 0 Å². The molecule has 5 heteroatoms. The van der Waals surface area contributed by atoms with Crippen molar-refractivity contribution in [1.29, 1.82) is 0 Å². The van der Waals surface area contributed by atoms with Crippen molar-refractivity contribution in [2.75, 3.05) is 0 Å². The smallest absolute Gasteiger partial charge is 0.321 e. The fraction of sp³-hybridized carbons (Fsp3) is 0.222. The maximum Gasteiger partial charge on any atom is 0.321 e. The van der Waals surface area contributed by atoms with Crippen LogP contribution >= 0.6 is 0 Å². The summed E-state index contributed by atoms with van der Waals surface area (Å²) in [5, 5.41) is 0. The van der Waals surface area contributed by atoms with E-state index in [9.17, 15) is 14.0 Å². The molecule has 1 aromatic rings. The Morgan fingerprint density at radius 2 is 2.21 bits per heavy atom. The standard InChI is InChI=1S/C9H6FNO3/c10-6-1-5(3-11-4-6)7-2-8(12)14-9(7)13/h1,3-4,7H,2H2. The van der Waals surface area contributed by atoms with E-state index in [1.165, 1.54) is 12.3 Å². The molecule has 1 aromatic heterocycles. The van der Waals surface area contributed by atoms with Crippen LogP contribution in [-0.4, -0.2) is 16.9 Å². The Hall–Kier alpha value is -1.78. The van der Waals surface area contributed by atoms with Gasteiger partial charge in [-0.2, -0.15) is 0 Å². The molecule has 72 valence electrons. The number of hydrogen-bond donors (Lipinski definition) is 0. The minimum Gasteiger partial charge on any atom is -0.393 e. The van der Waals surface area contributed by atoms with Gasteiger partial charge in [-0.1, -0.05) is 0 Å². The van der Waals surface area contributed by atoms with Crippen molar-refractivity contribution in [2.45, 2.75) is 12.3 Å². The number of esters is 2. The topological polar surface area (TPSA) is 56.3 Å². The Labute approximate surface area is 78.7 Å². The Morgan fingerprint density at radius 3 is 2.79 bits per heavy atom. The number of aromatic nitrogens is 1. The Balaban J connectivity index is 2.31. The molecule has 14 heavy (non-hydrogen) atoms. The maximum absolute atomic E-state index is 12.7. The zero-order valence-electron chi connectivity index (χ0n) is 7.07. The molecule has 0 saturated carbocycles. The van der Waals surface area contributed by atoms with Crippen molar-refractivity contribution < 1.29 is 18.7 Å². The van der Waals surface area contributed by atoms with Crippen LogP contribution in [0.2, 0.25) is 0 Å². The number of carbonyl (C=O) groups is 2. The summed E-state index contributed by atoms with van der Waals surface area (Å²) >= 11 is 0. The molecule has 0 aromatic carbocycles. The first kappa shape index (κ1) is 8.80. The van der Waals surface area contributed by atoms with E-state index in [4.69, 9.17) is 0 Å². The van der Waals surface area contributed by atoms with E-state index in [-0.39, 0.29) is 6.42 Å². The molecule has 0 N–H and O–H groups in total. The lowest BCUT2D eigenvalue weighted by molar-refractivity contribution is -0.152. The summed E-state index contributed by atoms with van der Waals surface area (Å²) in [4.78, 5) is 25.5. The molecule has 0 radical (unpaired) electrons. The highest BCUT2D eigenvalue weighted by molar-refractivity contribution is 5.97. The first-order valence-corrected chi connectivity index (χ1v) is 4.02. The SMILES string of the molecule is O=C1CC(c2cncc(F)c2)C(=O)O1. The van der Waals surface area contributed by atoms with Gasteiger partial charge in [0, 0.05) is 6.20 Å². The Kier molecular flexibility index (Phi) is 1.99. The van der Waals surface area contributed by atoms with E-state index in [0.29, 0.717) is 5.56 Å². The van der Waals surface area contributed by atoms with Crippen LogP contribution in [0.15, 0.2) is 18.5 Å². The lowest BCUT2D eigenvalue weighted by atomic mass is 10.00. The lowest BCUT2D eigenvalue weighted by Crippen LogP contribution is -2.06. The molecule has 1 fully saturated rings. The lowest BCUT2D eigenvalue weighted by Gasteiger charge is -2.02. The molecule has 1 aliphatic heterocycles. The van der Waals surface area contributed by atoms with Crippen LogP contribution in [0.3, 0.4) is 0 Å². The van der Waals surface area contributed by atoms with Gasteiger partial charge in [-0.15, -0.1) is 0 Å². The number of carbonyl (C=O) groups excluding carboxylic acids is 2. The zero-order chi connectivity index (χ0) is 10.1. The Bertz CT molecular complexity index is 405. The number of hydrogen-bond acceptors (Lipinski definition) is 4. The van der Waals surface area contributed by atoms with Crippen molar-refractivity contribution in [3.8, 4) is 0 Å². The average molecular weight is 195 g/mol. The van der Waals surface area contributed by atoms with Crippen LogP contribution in [0.5, 0.6) is 0 Å². The monoisotopic (exact) mass is 195 g/mol. The maximum atomic E-state index is 12.7. The van der Waals surface area contributed by atoms with Gasteiger partial charge < -0.3 is 4.74 Å². The number of nitrogens with zero attached hydrogens (tertiary/aromatic N) is 1. The molecule has 2 rings (SSSR count). The van der Waals surface area contributed by atoms with E-state index in [1.54, 1.807) is 0 Å². The molecule has 1 unspecified atom stereocenters. The summed E-state index contributed by atoms with van der Waals surface area (Å²) in [6.07, 6.45) is 2.35. The highest BCUT2D eigenvalue weighted by atomic mass is 19.1. The van der Waals surface area contributed by atoms with Gasteiger partial charge in [-0.3, -0.25) is 14.6 Å². The highest BCUT2D eigenvalue weighted by Crippen LogP contribution is 2.26. The number of pyridine rings is 1. The van der Waals surface area contributed by atoms with Gasteiger partial charge in [0.2, 0.25) is 0 Å². The third-order valence-electron chi connectivity index (χ3n) is 2.00. The summed E-state index contributed by atoms with van der Waals surface area (Å²) in [6, 6.07) is 1.18. The van der Waals surface area contributed by atoms with Crippen molar-refractivity contribution in [3.05, 3.63) is 29.8 Å². The summed E-state index contributed by atoms with van der Waals surface area (Å²) in [5.41, 5.74) is 0.376. The second kappa shape index (κ2) is 3.17. The van der Waals surface area contributed by atoms with Gasteiger partial charge in [0.05, 0.1) is 18.5 Å². The molecule has 1 saturated heterocycles. The highest BCUT2D eigenvalue weighted by Gasteiger charge is 2.34. The van der Waals surface area contributed by atoms with Crippen LogP contribution in [0.4, 0.5) is 4.39 Å². The summed E-state index contributed by atoms with van der Waals surface area (Å²) in [6.45, 7) is 0. The molecule has 2 heterocycles. The predicted octanol–water partition coefficient (Wildman–Crippen LogP) is 0.778. The second-order valence-electron chi connectivity index (χ2n) is 2.99. The number of rotatable bonds is 1. The fourth-order valence-corrected chi connectivity index (χ4v) is 1.35. The van der Waals surface area contributed by atoms with Crippen molar-refractivity contribution in [1.82, 2.24) is 4.98 Å². The minimum atomic E-state index is -0.703. The molecule has 1 atom stereocenters. The van der Waals surface area contributed by atoms with Gasteiger partial charge in [-0.05, 0) is 11.6 Å². The van der Waals surface area contributed by atoms with Gasteiger partial charge in [-0.25, -0.2) is 4.39 Å². The van der Waals surface area contributed by atoms with Gasteiger partial charge in [0.1, 0.15) is 5.82 Å². The molecule has 1 aliphatic rings. The summed E-state index contributed by atoms with van der Waals surface area (Å²) in [5.74, 6) is -2.45. The normalized spacial score (nSPS) is 21.1. The number of halogens is 1. The molecule has 4 nitrogen and oxygen atoms in total. The van der Waals surface area contributed by atoms with Crippen molar-refractivity contribution >= 4 is 11.9 Å². The molecular weight excluding hydrogens is 189 g/mol. The quantitative estimate of drug-likeness (QED) is 0.490. The summed E-state index contributed by atoms with van der Waals surface area (Å²) in [7, 11) is 0. The molecular formula is C9H6FNO3. The first-order chi connectivity index (χ1) is 6.66. The van der Waals surface area contributed by atoms with Crippen molar-refractivity contribution in [2.24, 2.45) is 0 Å². The Morgan fingerprint density at radius 1 is 1.43 bits per heavy atom.